The van der Waals surface area contributed by atoms with Gasteiger partial charge in [-0.3, -0.25) is 14.5 Å². The molecule has 2 aromatic rings. The lowest BCUT2D eigenvalue weighted by Crippen LogP contribution is -2.40. The van der Waals surface area contributed by atoms with Crippen molar-refractivity contribution in [1.82, 2.24) is 19.8 Å². The molecule has 0 spiro atoms. The van der Waals surface area contributed by atoms with E-state index in [2.05, 4.69) is 9.97 Å². The van der Waals surface area contributed by atoms with E-state index in [-0.39, 0.29) is 29.8 Å². The Kier molecular flexibility index (Phi) is 7.13. The summed E-state index contributed by atoms with van der Waals surface area (Å²) < 4.78 is 37.8. The number of nitrogens with zero attached hydrogens (tertiary/aromatic N) is 3. The number of alkyl halides is 3. The molecule has 1 aliphatic heterocycles. The predicted octanol–water partition coefficient (Wildman–Crippen LogP) is 3.32. The minimum absolute atomic E-state index is 0.0971. The molecule has 0 bridgehead atoms. The number of carbonyl (C=O) groups is 1. The molecule has 3 rings (SSSR count). The van der Waals surface area contributed by atoms with Crippen LogP contribution in [0, 0.1) is 13.8 Å². The fourth-order valence-corrected chi connectivity index (χ4v) is 5.39. The van der Waals surface area contributed by atoms with E-state index in [0.29, 0.717) is 41.3 Å². The van der Waals surface area contributed by atoms with E-state index in [4.69, 9.17) is 0 Å². The van der Waals surface area contributed by atoms with Crippen molar-refractivity contribution in [3.05, 3.63) is 26.6 Å². The van der Waals surface area contributed by atoms with Crippen LogP contribution in [0.15, 0.2) is 4.79 Å². The number of H-pyrrole nitrogens is 1. The average Bonchev–Trinajstić information content (AvgIpc) is 2.81. The zero-order valence-electron chi connectivity index (χ0n) is 17.1. The van der Waals surface area contributed by atoms with Crippen LogP contribution >= 0.6 is 23.1 Å². The largest absolute Gasteiger partial charge is 0.401 e. The van der Waals surface area contributed by atoms with Crippen LogP contribution in [0.2, 0.25) is 0 Å². The maximum atomic E-state index is 12.8. The van der Waals surface area contributed by atoms with E-state index < -0.39 is 12.7 Å². The van der Waals surface area contributed by atoms with E-state index in [1.54, 1.807) is 11.8 Å². The van der Waals surface area contributed by atoms with Crippen LogP contribution in [-0.4, -0.2) is 69.8 Å². The highest BCUT2D eigenvalue weighted by molar-refractivity contribution is 7.99. The molecule has 0 aliphatic carbocycles. The van der Waals surface area contributed by atoms with Gasteiger partial charge in [-0.05, 0) is 32.8 Å². The maximum Gasteiger partial charge on any atom is 0.401 e. The van der Waals surface area contributed by atoms with Crippen molar-refractivity contribution in [2.45, 2.75) is 44.4 Å². The van der Waals surface area contributed by atoms with Gasteiger partial charge < -0.3 is 9.88 Å². The number of carbonyl (C=O) groups excluding carboxylic acids is 1. The van der Waals surface area contributed by atoms with Crippen LogP contribution in [-0.2, 0) is 10.5 Å². The fourth-order valence-electron chi connectivity index (χ4n) is 3.50. The van der Waals surface area contributed by atoms with E-state index in [0.717, 1.165) is 10.4 Å². The molecule has 1 unspecified atom stereocenters. The van der Waals surface area contributed by atoms with Gasteiger partial charge in [0.2, 0.25) is 5.91 Å². The smallest absolute Gasteiger partial charge is 0.340 e. The van der Waals surface area contributed by atoms with Gasteiger partial charge in [0, 0.05) is 31.1 Å². The van der Waals surface area contributed by atoms with Crippen molar-refractivity contribution < 1.29 is 18.0 Å². The number of halogens is 3. The number of rotatable bonds is 5. The Bertz CT molecular complexity index is 973. The summed E-state index contributed by atoms with van der Waals surface area (Å²) in [6, 6.07) is 0. The molecule has 1 saturated heterocycles. The molecule has 11 heteroatoms. The Morgan fingerprint density at radius 2 is 2.00 bits per heavy atom. The number of hydrogen-bond acceptors (Lipinski definition) is 6. The summed E-state index contributed by atoms with van der Waals surface area (Å²) in [7, 11) is 0. The summed E-state index contributed by atoms with van der Waals surface area (Å²) in [5.41, 5.74) is 0.765. The summed E-state index contributed by atoms with van der Waals surface area (Å²) in [5, 5.41) is 0.232. The van der Waals surface area contributed by atoms with Crippen LogP contribution in [0.4, 0.5) is 13.2 Å². The van der Waals surface area contributed by atoms with Gasteiger partial charge >= 0.3 is 6.18 Å². The predicted molar refractivity (Wildman–Crippen MR) is 114 cm³/mol. The lowest BCUT2D eigenvalue weighted by Gasteiger charge is -2.24. The van der Waals surface area contributed by atoms with Crippen molar-refractivity contribution in [1.29, 1.82) is 0 Å². The molecule has 30 heavy (non-hydrogen) atoms. The molecule has 2 aromatic heterocycles. The molecule has 0 aromatic carbocycles. The second kappa shape index (κ2) is 9.27. The highest BCUT2D eigenvalue weighted by Gasteiger charge is 2.32. The topological polar surface area (TPSA) is 69.3 Å². The molecule has 3 heterocycles. The number of nitrogens with one attached hydrogen (secondary N) is 1. The van der Waals surface area contributed by atoms with Crippen molar-refractivity contribution in [2.75, 3.05) is 32.7 Å². The standard InChI is InChI=1S/C19H25F3N4O2S2/c1-11-12(2)30-17-15(11)16(27)23-14(24-17)9-29-13(3)18(28)26-6-4-5-25(7-8-26)10-19(20,21)22/h13H,4-10H2,1-3H3,(H,23,24,27). The van der Waals surface area contributed by atoms with Gasteiger partial charge in [-0.25, -0.2) is 4.98 Å². The van der Waals surface area contributed by atoms with Crippen LogP contribution in [0.5, 0.6) is 0 Å². The lowest BCUT2D eigenvalue weighted by atomic mass is 10.2. The molecule has 0 saturated carbocycles. The molecule has 6 nitrogen and oxygen atoms in total. The summed E-state index contributed by atoms with van der Waals surface area (Å²) in [4.78, 5) is 37.2. The van der Waals surface area contributed by atoms with Gasteiger partial charge in [0.05, 0.1) is 22.9 Å². The van der Waals surface area contributed by atoms with Crippen LogP contribution in [0.25, 0.3) is 10.2 Å². The van der Waals surface area contributed by atoms with E-state index in [1.807, 2.05) is 13.8 Å². The first-order chi connectivity index (χ1) is 14.0. The molecule has 1 atom stereocenters. The Balaban J connectivity index is 1.58. The maximum absolute atomic E-state index is 12.8. The van der Waals surface area contributed by atoms with Crippen molar-refractivity contribution in [3.63, 3.8) is 0 Å². The minimum Gasteiger partial charge on any atom is -0.340 e. The Morgan fingerprint density at radius 3 is 2.70 bits per heavy atom. The third-order valence-corrected chi connectivity index (χ3v) is 7.45. The third-order valence-electron chi connectivity index (χ3n) is 5.21. The molecule has 0 radical (unpaired) electrons. The number of aryl methyl sites for hydroxylation is 2. The number of hydrogen-bond donors (Lipinski definition) is 1. The molecule has 1 fully saturated rings. The second-order valence-electron chi connectivity index (χ2n) is 7.50. The van der Waals surface area contributed by atoms with Crippen molar-refractivity contribution in [2.24, 2.45) is 0 Å². The van der Waals surface area contributed by atoms with Gasteiger partial charge in [-0.2, -0.15) is 13.2 Å². The third kappa shape index (κ3) is 5.55. The zero-order valence-corrected chi connectivity index (χ0v) is 18.8. The zero-order chi connectivity index (χ0) is 22.1. The van der Waals surface area contributed by atoms with Gasteiger partial charge in [-0.15, -0.1) is 23.1 Å². The van der Waals surface area contributed by atoms with Crippen LogP contribution in [0.1, 0.15) is 29.6 Å². The number of thiophene rings is 1. The van der Waals surface area contributed by atoms with Crippen LogP contribution in [0.3, 0.4) is 0 Å². The van der Waals surface area contributed by atoms with Gasteiger partial charge in [0.15, 0.2) is 0 Å². The Morgan fingerprint density at radius 1 is 1.27 bits per heavy atom. The van der Waals surface area contributed by atoms with Gasteiger partial charge in [0.1, 0.15) is 10.7 Å². The first-order valence-corrected chi connectivity index (χ1v) is 11.6. The molecule has 1 aliphatic rings. The lowest BCUT2D eigenvalue weighted by molar-refractivity contribution is -0.145. The number of aromatic nitrogens is 2. The molecular weight excluding hydrogens is 437 g/mol. The van der Waals surface area contributed by atoms with Gasteiger partial charge in [-0.1, -0.05) is 0 Å². The summed E-state index contributed by atoms with van der Waals surface area (Å²) in [5.74, 6) is 0.799. The number of fused-ring (bicyclic) bond motifs is 1. The first-order valence-electron chi connectivity index (χ1n) is 9.73. The highest BCUT2D eigenvalue weighted by Crippen LogP contribution is 2.27. The Hall–Kier alpha value is -1.59. The first kappa shape index (κ1) is 23.1. The van der Waals surface area contributed by atoms with Crippen molar-refractivity contribution in [3.8, 4) is 0 Å². The number of aromatic amines is 1. The number of amides is 1. The monoisotopic (exact) mass is 462 g/mol. The summed E-state index contributed by atoms with van der Waals surface area (Å²) >= 11 is 2.84. The molecule has 166 valence electrons. The second-order valence-corrected chi connectivity index (χ2v) is 10.0. The van der Waals surface area contributed by atoms with Crippen LogP contribution < -0.4 is 5.56 Å². The molecular formula is C19H25F3N4O2S2. The number of thioether (sulfide) groups is 1. The normalized spacial score (nSPS) is 17.3. The minimum atomic E-state index is -4.23. The fraction of sp³-hybridized carbons (Fsp3) is 0.632. The molecule has 1 N–H and O–H groups in total. The van der Waals surface area contributed by atoms with Gasteiger partial charge in [0.25, 0.3) is 5.56 Å². The van der Waals surface area contributed by atoms with E-state index >= 15 is 0 Å². The van der Waals surface area contributed by atoms with Crippen molar-refractivity contribution >= 4 is 39.2 Å². The SMILES string of the molecule is Cc1sc2nc(CSC(C)C(=O)N3CCCN(CC(F)(F)F)CC3)[nH]c(=O)c2c1C. The quantitative estimate of drug-likeness (QED) is 0.738. The Labute approximate surface area is 180 Å². The average molecular weight is 463 g/mol. The summed E-state index contributed by atoms with van der Waals surface area (Å²) in [6.45, 7) is 5.97. The van der Waals surface area contributed by atoms with E-state index in [9.17, 15) is 22.8 Å². The summed E-state index contributed by atoms with van der Waals surface area (Å²) in [6.07, 6.45) is -3.71. The van der Waals surface area contributed by atoms with E-state index in [1.165, 1.54) is 28.0 Å². The molecule has 1 amide bonds. The highest BCUT2D eigenvalue weighted by atomic mass is 32.2.